The molecule has 0 saturated heterocycles. The molecule has 1 rings (SSSR count). The molecule has 0 aromatic heterocycles. The second-order valence-electron chi connectivity index (χ2n) is 4.30. The third kappa shape index (κ3) is 3.32. The van der Waals surface area contributed by atoms with Gasteiger partial charge in [0.2, 0.25) is 0 Å². The van der Waals surface area contributed by atoms with Gasteiger partial charge in [-0.15, -0.1) is 0 Å². The largest absolute Gasteiger partial charge is 0.294 e. The van der Waals surface area contributed by atoms with E-state index < -0.39 is 10.1 Å². The van der Waals surface area contributed by atoms with Crippen LogP contribution in [-0.4, -0.2) is 13.0 Å². The molecule has 0 spiro atoms. The van der Waals surface area contributed by atoms with Crippen molar-refractivity contribution in [1.29, 1.82) is 0 Å². The Bertz CT molecular complexity index is 463. The van der Waals surface area contributed by atoms with Crippen molar-refractivity contribution in [3.05, 3.63) is 29.3 Å². The van der Waals surface area contributed by atoms with Crippen molar-refractivity contribution in [1.82, 2.24) is 0 Å². The van der Waals surface area contributed by atoms with Gasteiger partial charge in [-0.25, -0.2) is 0 Å². The first-order chi connectivity index (χ1) is 7.34. The monoisotopic (exact) mass is 242 g/mol. The second kappa shape index (κ2) is 4.97. The van der Waals surface area contributed by atoms with Gasteiger partial charge in [0.05, 0.1) is 4.90 Å². The SMILES string of the molecule is CC[C@H](C)Cc1cc(C)ccc1S(=O)(=O)O. The van der Waals surface area contributed by atoms with Crippen molar-refractivity contribution in [2.75, 3.05) is 0 Å². The molecule has 0 radical (unpaired) electrons. The lowest BCUT2D eigenvalue weighted by Gasteiger charge is -2.12. The molecule has 1 aromatic rings. The molecule has 0 aliphatic carbocycles. The summed E-state index contributed by atoms with van der Waals surface area (Å²) in [5.41, 5.74) is 1.71. The molecule has 0 aliphatic rings. The minimum Gasteiger partial charge on any atom is -0.282 e. The molecule has 1 N–H and O–H groups in total. The summed E-state index contributed by atoms with van der Waals surface area (Å²) in [6.45, 7) is 6.04. The fourth-order valence-electron chi connectivity index (χ4n) is 1.64. The highest BCUT2D eigenvalue weighted by atomic mass is 32.2. The Morgan fingerprint density at radius 2 is 2.00 bits per heavy atom. The minimum absolute atomic E-state index is 0.0402. The lowest BCUT2D eigenvalue weighted by Crippen LogP contribution is -2.07. The van der Waals surface area contributed by atoms with Crippen LogP contribution in [0.15, 0.2) is 23.1 Å². The van der Waals surface area contributed by atoms with Crippen molar-refractivity contribution in [2.24, 2.45) is 5.92 Å². The van der Waals surface area contributed by atoms with E-state index >= 15 is 0 Å². The Morgan fingerprint density at radius 1 is 1.38 bits per heavy atom. The average Bonchev–Trinajstić information content (AvgIpc) is 2.15. The van der Waals surface area contributed by atoms with Gasteiger partial charge in [0.15, 0.2) is 0 Å². The average molecular weight is 242 g/mol. The predicted octanol–water partition coefficient (Wildman–Crippen LogP) is 2.83. The molecular formula is C12H18O3S. The summed E-state index contributed by atoms with van der Waals surface area (Å²) in [6, 6.07) is 5.00. The van der Waals surface area contributed by atoms with Crippen molar-refractivity contribution in [3.8, 4) is 0 Å². The van der Waals surface area contributed by atoms with E-state index in [4.69, 9.17) is 4.55 Å². The third-order valence-corrected chi connectivity index (χ3v) is 3.71. The summed E-state index contributed by atoms with van der Waals surface area (Å²) >= 11 is 0. The lowest BCUT2D eigenvalue weighted by molar-refractivity contribution is 0.479. The van der Waals surface area contributed by atoms with E-state index in [9.17, 15) is 8.42 Å². The molecular weight excluding hydrogens is 224 g/mol. The molecule has 0 amide bonds. The van der Waals surface area contributed by atoms with E-state index in [1.807, 2.05) is 13.0 Å². The van der Waals surface area contributed by atoms with Crippen LogP contribution in [0, 0.1) is 12.8 Å². The molecule has 3 nitrogen and oxygen atoms in total. The Kier molecular flexibility index (Phi) is 4.10. The van der Waals surface area contributed by atoms with Crippen molar-refractivity contribution >= 4 is 10.1 Å². The number of benzene rings is 1. The summed E-state index contributed by atoms with van der Waals surface area (Å²) in [6.07, 6.45) is 1.66. The van der Waals surface area contributed by atoms with Crippen LogP contribution >= 0.6 is 0 Å². The standard InChI is InChI=1S/C12H18O3S/c1-4-9(2)7-11-8-10(3)5-6-12(11)16(13,14)15/h5-6,8-9H,4,7H2,1-3H3,(H,13,14,15)/t9-/m0/s1. The minimum atomic E-state index is -4.10. The Morgan fingerprint density at radius 3 is 2.50 bits per heavy atom. The zero-order valence-electron chi connectivity index (χ0n) is 9.90. The van der Waals surface area contributed by atoms with Crippen LogP contribution < -0.4 is 0 Å². The van der Waals surface area contributed by atoms with Crippen molar-refractivity contribution in [3.63, 3.8) is 0 Å². The van der Waals surface area contributed by atoms with E-state index in [-0.39, 0.29) is 4.90 Å². The van der Waals surface area contributed by atoms with E-state index in [0.29, 0.717) is 17.9 Å². The van der Waals surface area contributed by atoms with Gasteiger partial charge in [-0.05, 0) is 30.9 Å². The van der Waals surface area contributed by atoms with Gasteiger partial charge in [-0.2, -0.15) is 8.42 Å². The molecule has 0 unspecified atom stereocenters. The molecule has 0 aliphatic heterocycles. The van der Waals surface area contributed by atoms with Gasteiger partial charge in [0, 0.05) is 0 Å². The van der Waals surface area contributed by atoms with Gasteiger partial charge in [-0.1, -0.05) is 38.0 Å². The van der Waals surface area contributed by atoms with Gasteiger partial charge in [0.1, 0.15) is 0 Å². The highest BCUT2D eigenvalue weighted by Crippen LogP contribution is 2.21. The molecule has 1 aromatic carbocycles. The molecule has 0 heterocycles. The number of hydrogen-bond acceptors (Lipinski definition) is 2. The lowest BCUT2D eigenvalue weighted by atomic mass is 9.98. The highest BCUT2D eigenvalue weighted by Gasteiger charge is 2.16. The number of aryl methyl sites for hydroxylation is 1. The van der Waals surface area contributed by atoms with E-state index in [2.05, 4.69) is 13.8 Å². The summed E-state index contributed by atoms with van der Waals surface area (Å²) < 4.78 is 31.5. The third-order valence-electron chi connectivity index (χ3n) is 2.76. The first-order valence-corrected chi connectivity index (χ1v) is 6.85. The fraction of sp³-hybridized carbons (Fsp3) is 0.500. The van der Waals surface area contributed by atoms with Crippen LogP contribution in [-0.2, 0) is 16.5 Å². The van der Waals surface area contributed by atoms with E-state index in [1.165, 1.54) is 6.07 Å². The van der Waals surface area contributed by atoms with Crippen LogP contribution in [0.2, 0.25) is 0 Å². The summed E-state index contributed by atoms with van der Waals surface area (Å²) in [4.78, 5) is 0.0402. The highest BCUT2D eigenvalue weighted by molar-refractivity contribution is 7.85. The van der Waals surface area contributed by atoms with Crippen LogP contribution in [0.4, 0.5) is 0 Å². The molecule has 90 valence electrons. The van der Waals surface area contributed by atoms with Crippen molar-refractivity contribution in [2.45, 2.75) is 38.5 Å². The molecule has 1 atom stereocenters. The van der Waals surface area contributed by atoms with E-state index in [1.54, 1.807) is 6.07 Å². The first kappa shape index (κ1) is 13.2. The molecule has 0 bridgehead atoms. The first-order valence-electron chi connectivity index (χ1n) is 5.41. The summed E-state index contributed by atoms with van der Waals surface area (Å²) in [7, 11) is -4.10. The van der Waals surface area contributed by atoms with Gasteiger partial charge in [-0.3, -0.25) is 4.55 Å². The van der Waals surface area contributed by atoms with Crippen LogP contribution in [0.5, 0.6) is 0 Å². The Balaban J connectivity index is 3.19. The Hall–Kier alpha value is -0.870. The smallest absolute Gasteiger partial charge is 0.282 e. The number of rotatable bonds is 4. The zero-order valence-corrected chi connectivity index (χ0v) is 10.7. The molecule has 0 saturated carbocycles. The normalized spacial score (nSPS) is 13.8. The zero-order chi connectivity index (χ0) is 12.3. The quantitative estimate of drug-likeness (QED) is 0.826. The van der Waals surface area contributed by atoms with Crippen LogP contribution in [0.1, 0.15) is 31.4 Å². The molecule has 16 heavy (non-hydrogen) atoms. The maximum absolute atomic E-state index is 11.2. The Labute approximate surface area is 97.2 Å². The maximum atomic E-state index is 11.2. The second-order valence-corrected chi connectivity index (χ2v) is 5.69. The fourth-order valence-corrected chi connectivity index (χ4v) is 2.35. The molecule has 4 heteroatoms. The summed E-state index contributed by atoms with van der Waals surface area (Å²) in [5, 5.41) is 0. The molecule has 0 fully saturated rings. The van der Waals surface area contributed by atoms with Crippen molar-refractivity contribution < 1.29 is 13.0 Å². The van der Waals surface area contributed by atoms with Gasteiger partial charge >= 0.3 is 0 Å². The maximum Gasteiger partial charge on any atom is 0.294 e. The van der Waals surface area contributed by atoms with Gasteiger partial charge in [0.25, 0.3) is 10.1 Å². The van der Waals surface area contributed by atoms with E-state index in [0.717, 1.165) is 12.0 Å². The topological polar surface area (TPSA) is 54.4 Å². The van der Waals surface area contributed by atoms with Crippen LogP contribution in [0.25, 0.3) is 0 Å². The number of hydrogen-bond donors (Lipinski definition) is 1. The van der Waals surface area contributed by atoms with Crippen LogP contribution in [0.3, 0.4) is 0 Å². The van der Waals surface area contributed by atoms with Gasteiger partial charge < -0.3 is 0 Å². The summed E-state index contributed by atoms with van der Waals surface area (Å²) in [5.74, 6) is 0.405. The predicted molar refractivity (Wildman–Crippen MR) is 64.2 cm³/mol.